The lowest BCUT2D eigenvalue weighted by molar-refractivity contribution is -0.0692. The summed E-state index contributed by atoms with van der Waals surface area (Å²) in [5.74, 6) is 0. The van der Waals surface area contributed by atoms with Crippen LogP contribution in [0.2, 0.25) is 0 Å². The van der Waals surface area contributed by atoms with Gasteiger partial charge in [0.2, 0.25) is 0 Å². The Hall–Kier alpha value is -1.36. The summed E-state index contributed by atoms with van der Waals surface area (Å²) in [6, 6.07) is 8.26. The highest BCUT2D eigenvalue weighted by atomic mass is 16.6. The number of fused-ring (bicyclic) bond motifs is 6. The molecule has 0 radical (unpaired) electrons. The van der Waals surface area contributed by atoms with Gasteiger partial charge in [0.15, 0.2) is 0 Å². The van der Waals surface area contributed by atoms with Gasteiger partial charge in [-0.05, 0) is 11.1 Å². The predicted octanol–water partition coefficient (Wildman–Crippen LogP) is 1.50. The fraction of sp³-hybridized carbons (Fsp3) is 0.692. The smallest absolute Gasteiger partial charge is 0.104 e. The maximum Gasteiger partial charge on any atom is 0.104 e. The van der Waals surface area contributed by atoms with Gasteiger partial charge >= 0.3 is 0 Å². The number of nitrogens with one attached hydrogen (secondary N) is 1. The SMILES string of the molecule is C=Cc1ccc(COCC2COCCN3CCNCCOCCN(CCOCC3)CCO2)cc1. The van der Waals surface area contributed by atoms with Crippen LogP contribution in [0.5, 0.6) is 0 Å². The Morgan fingerprint density at radius 3 is 2.21 bits per heavy atom. The van der Waals surface area contributed by atoms with Gasteiger partial charge in [0.05, 0.1) is 59.5 Å². The van der Waals surface area contributed by atoms with E-state index in [2.05, 4.69) is 46.0 Å². The second-order valence-corrected chi connectivity index (χ2v) is 8.69. The average Bonchev–Trinajstić information content (AvgIpc) is 2.87. The first-order chi connectivity index (χ1) is 16.8. The second kappa shape index (κ2) is 17.1. The Labute approximate surface area is 205 Å². The number of ether oxygens (including phenoxy) is 5. The minimum Gasteiger partial charge on any atom is -0.379 e. The fourth-order valence-electron chi connectivity index (χ4n) is 3.92. The summed E-state index contributed by atoms with van der Waals surface area (Å²) in [6.45, 7) is 16.7. The highest BCUT2D eigenvalue weighted by Crippen LogP contribution is 2.08. The van der Waals surface area contributed by atoms with Crippen molar-refractivity contribution in [1.29, 1.82) is 0 Å². The number of nitrogens with zero attached hydrogens (tertiary/aromatic N) is 2. The monoisotopic (exact) mass is 477 g/mol. The molecule has 2 heterocycles. The molecule has 8 nitrogen and oxygen atoms in total. The van der Waals surface area contributed by atoms with Crippen molar-refractivity contribution in [2.24, 2.45) is 0 Å². The lowest BCUT2D eigenvalue weighted by Gasteiger charge is -2.24. The van der Waals surface area contributed by atoms with Crippen molar-refractivity contribution in [2.75, 3.05) is 105 Å². The topological polar surface area (TPSA) is 64.7 Å². The zero-order valence-electron chi connectivity index (χ0n) is 20.6. The van der Waals surface area contributed by atoms with Crippen molar-refractivity contribution in [1.82, 2.24) is 15.1 Å². The quantitative estimate of drug-likeness (QED) is 0.641. The van der Waals surface area contributed by atoms with Gasteiger partial charge in [-0.15, -0.1) is 0 Å². The molecule has 0 saturated carbocycles. The van der Waals surface area contributed by atoms with E-state index in [0.717, 1.165) is 83.3 Å². The minimum atomic E-state index is -0.0964. The molecule has 0 aliphatic carbocycles. The third-order valence-electron chi connectivity index (χ3n) is 6.09. The van der Waals surface area contributed by atoms with Crippen LogP contribution in [-0.4, -0.2) is 121 Å². The molecule has 3 unspecified atom stereocenters. The number of benzene rings is 1. The highest BCUT2D eigenvalue weighted by Gasteiger charge is 2.14. The number of hydrogen-bond acceptors (Lipinski definition) is 8. The predicted molar refractivity (Wildman–Crippen MR) is 134 cm³/mol. The van der Waals surface area contributed by atoms with E-state index in [4.69, 9.17) is 23.7 Å². The first-order valence-corrected chi connectivity index (χ1v) is 12.6. The zero-order valence-corrected chi connectivity index (χ0v) is 20.6. The molecule has 3 rings (SSSR count). The standard InChI is InChI=1S/C26H43N3O5/c1-2-24-3-5-25(6-4-24)21-33-23-26-22-32-19-13-28-9-7-27-8-15-30-16-11-29(14-20-34-26)12-18-31-17-10-28/h2-6,26-27H,1,7-23H2. The highest BCUT2D eigenvalue weighted by molar-refractivity contribution is 5.47. The van der Waals surface area contributed by atoms with Crippen molar-refractivity contribution in [3.8, 4) is 0 Å². The van der Waals surface area contributed by atoms with Gasteiger partial charge in [-0.1, -0.05) is 36.9 Å². The van der Waals surface area contributed by atoms with Gasteiger partial charge in [0.25, 0.3) is 0 Å². The van der Waals surface area contributed by atoms with Crippen molar-refractivity contribution < 1.29 is 23.7 Å². The summed E-state index contributed by atoms with van der Waals surface area (Å²) in [7, 11) is 0. The van der Waals surface area contributed by atoms with Crippen LogP contribution in [-0.2, 0) is 30.3 Å². The van der Waals surface area contributed by atoms with Crippen LogP contribution in [0.25, 0.3) is 6.08 Å². The molecular formula is C26H43N3O5. The van der Waals surface area contributed by atoms with Gasteiger partial charge in [-0.25, -0.2) is 0 Å². The molecule has 0 aromatic heterocycles. The average molecular weight is 478 g/mol. The normalized spacial score (nSPS) is 27.0. The van der Waals surface area contributed by atoms with Crippen molar-refractivity contribution in [2.45, 2.75) is 12.7 Å². The van der Waals surface area contributed by atoms with Crippen LogP contribution < -0.4 is 5.32 Å². The van der Waals surface area contributed by atoms with E-state index in [1.165, 1.54) is 0 Å². The molecule has 8 heteroatoms. The molecular weight excluding hydrogens is 434 g/mol. The molecule has 2 aliphatic rings. The van der Waals surface area contributed by atoms with Crippen LogP contribution in [0, 0.1) is 0 Å². The lowest BCUT2D eigenvalue weighted by atomic mass is 10.1. The van der Waals surface area contributed by atoms with Crippen molar-refractivity contribution in [3.05, 3.63) is 42.0 Å². The van der Waals surface area contributed by atoms with Crippen LogP contribution in [0.1, 0.15) is 11.1 Å². The van der Waals surface area contributed by atoms with Crippen molar-refractivity contribution >= 4 is 6.08 Å². The Bertz CT molecular complexity index is 660. The molecule has 1 aromatic rings. The first kappa shape index (κ1) is 27.2. The van der Waals surface area contributed by atoms with Gasteiger partial charge < -0.3 is 29.0 Å². The zero-order chi connectivity index (χ0) is 23.7. The molecule has 1 aromatic carbocycles. The maximum atomic E-state index is 6.20. The van der Waals surface area contributed by atoms with Crippen LogP contribution in [0.4, 0.5) is 0 Å². The van der Waals surface area contributed by atoms with Gasteiger partial charge in [0.1, 0.15) is 6.10 Å². The van der Waals surface area contributed by atoms with Crippen LogP contribution in [0.15, 0.2) is 30.8 Å². The van der Waals surface area contributed by atoms with E-state index in [0.29, 0.717) is 39.6 Å². The van der Waals surface area contributed by atoms with E-state index in [1.54, 1.807) is 0 Å². The summed E-state index contributed by atoms with van der Waals surface area (Å²) in [5, 5.41) is 3.47. The second-order valence-electron chi connectivity index (χ2n) is 8.69. The molecule has 0 spiro atoms. The summed E-state index contributed by atoms with van der Waals surface area (Å²) >= 11 is 0. The van der Waals surface area contributed by atoms with Gasteiger partial charge in [-0.2, -0.15) is 0 Å². The molecule has 192 valence electrons. The first-order valence-electron chi connectivity index (χ1n) is 12.6. The van der Waals surface area contributed by atoms with E-state index in [1.807, 2.05) is 6.08 Å². The molecule has 2 bridgehead atoms. The minimum absolute atomic E-state index is 0.0964. The number of hydrogen-bond donors (Lipinski definition) is 1. The molecule has 0 amide bonds. The maximum absolute atomic E-state index is 6.20. The molecule has 2 aliphatic heterocycles. The summed E-state index contributed by atoms with van der Waals surface area (Å²) < 4.78 is 30.0. The lowest BCUT2D eigenvalue weighted by Crippen LogP contribution is -2.38. The fourth-order valence-corrected chi connectivity index (χ4v) is 3.92. The molecule has 34 heavy (non-hydrogen) atoms. The Morgan fingerprint density at radius 1 is 0.824 bits per heavy atom. The Kier molecular flexibility index (Phi) is 13.7. The van der Waals surface area contributed by atoms with E-state index >= 15 is 0 Å². The number of rotatable bonds is 5. The van der Waals surface area contributed by atoms with E-state index < -0.39 is 0 Å². The molecule has 2 saturated heterocycles. The van der Waals surface area contributed by atoms with E-state index in [-0.39, 0.29) is 6.10 Å². The third kappa shape index (κ3) is 11.4. The van der Waals surface area contributed by atoms with Crippen LogP contribution in [0.3, 0.4) is 0 Å². The largest absolute Gasteiger partial charge is 0.379 e. The van der Waals surface area contributed by atoms with E-state index in [9.17, 15) is 0 Å². The Morgan fingerprint density at radius 2 is 1.47 bits per heavy atom. The van der Waals surface area contributed by atoms with Crippen LogP contribution >= 0.6 is 0 Å². The molecule has 2 fully saturated rings. The Balaban J connectivity index is 1.53. The summed E-state index contributed by atoms with van der Waals surface area (Å²) in [6.07, 6.45) is 1.75. The third-order valence-corrected chi connectivity index (χ3v) is 6.09. The van der Waals surface area contributed by atoms with Gasteiger partial charge in [-0.3, -0.25) is 9.80 Å². The summed E-state index contributed by atoms with van der Waals surface area (Å²) in [5.41, 5.74) is 2.25. The molecule has 3 atom stereocenters. The molecule has 1 N–H and O–H groups in total. The summed E-state index contributed by atoms with van der Waals surface area (Å²) in [4.78, 5) is 4.74. The van der Waals surface area contributed by atoms with Gasteiger partial charge in [0, 0.05) is 52.4 Å². The van der Waals surface area contributed by atoms with Crippen molar-refractivity contribution in [3.63, 3.8) is 0 Å².